The number of hydrogen-bond acceptors (Lipinski definition) is 7. The van der Waals surface area contributed by atoms with Gasteiger partial charge < -0.3 is 19.2 Å². The van der Waals surface area contributed by atoms with E-state index in [0.717, 1.165) is 5.56 Å². The monoisotopic (exact) mass is 493 g/mol. The molecule has 0 unspecified atom stereocenters. The number of methoxy groups -OCH3 is 2. The summed E-state index contributed by atoms with van der Waals surface area (Å²) in [6.07, 6.45) is 0. The summed E-state index contributed by atoms with van der Waals surface area (Å²) in [7, 11) is -1.44. The van der Waals surface area contributed by atoms with Gasteiger partial charge in [0.05, 0.1) is 14.2 Å². The predicted molar refractivity (Wildman–Crippen MR) is 131 cm³/mol. The Morgan fingerprint density at radius 3 is 2.49 bits per heavy atom. The quantitative estimate of drug-likeness (QED) is 0.378. The molecule has 0 aliphatic heterocycles. The van der Waals surface area contributed by atoms with E-state index in [4.69, 9.17) is 13.9 Å². The number of aryl methyl sites for hydroxylation is 1. The second kappa shape index (κ2) is 9.90. The molecular weight excluding hydrogens is 470 g/mol. The van der Waals surface area contributed by atoms with Crippen LogP contribution in [0.3, 0.4) is 0 Å². The van der Waals surface area contributed by atoms with Crippen LogP contribution in [0.4, 0.5) is 5.69 Å². The predicted octanol–water partition coefficient (Wildman–Crippen LogP) is 3.80. The molecule has 0 fully saturated rings. The number of rotatable bonds is 7. The molecule has 35 heavy (non-hydrogen) atoms. The summed E-state index contributed by atoms with van der Waals surface area (Å²) in [6.45, 7) is 1.91. The number of nitrogens with zero attached hydrogens (tertiary/aromatic N) is 1. The fourth-order valence-corrected chi connectivity index (χ4v) is 4.37. The lowest BCUT2D eigenvalue weighted by Crippen LogP contribution is -2.27. The smallest absolute Gasteiger partial charge is 0.280 e. The Kier molecular flexibility index (Phi) is 6.74. The van der Waals surface area contributed by atoms with Crippen LogP contribution >= 0.6 is 0 Å². The second-order valence-electron chi connectivity index (χ2n) is 7.55. The van der Waals surface area contributed by atoms with Crippen LogP contribution in [0.1, 0.15) is 15.9 Å². The van der Waals surface area contributed by atoms with Gasteiger partial charge in [0.2, 0.25) is 5.55 Å². The van der Waals surface area contributed by atoms with Crippen molar-refractivity contribution in [1.82, 2.24) is 4.83 Å². The van der Waals surface area contributed by atoms with Crippen molar-refractivity contribution < 1.29 is 27.1 Å². The Bertz CT molecular complexity index is 1580. The molecule has 2 N–H and O–H groups in total. The molecule has 4 aromatic rings. The number of nitrogens with one attached hydrogen (secondary N) is 2. The van der Waals surface area contributed by atoms with Crippen molar-refractivity contribution >= 4 is 32.6 Å². The summed E-state index contributed by atoms with van der Waals surface area (Å²) < 4.78 is 42.2. The standard InChI is InChI=1S/C25H23N3O6S/c1-16-7-6-9-18(13-16)26-24(29)20-14-17-8-4-5-10-21(17)34-25(20)27-28-35(30,31)23-15-19(32-2)11-12-22(23)33-3/h4-15,28H,1-3H3,(H,26,29)/b27-25-. The molecule has 4 rings (SSSR count). The average molecular weight is 494 g/mol. The second-order valence-corrected chi connectivity index (χ2v) is 9.18. The number of hydrogen-bond donors (Lipinski definition) is 2. The van der Waals surface area contributed by atoms with Gasteiger partial charge in [-0.2, -0.15) is 13.2 Å². The summed E-state index contributed by atoms with van der Waals surface area (Å²) in [5.74, 6) is -0.0943. The van der Waals surface area contributed by atoms with Crippen molar-refractivity contribution in [3.8, 4) is 11.5 Å². The number of carbonyl (C=O) groups excluding carboxylic acids is 1. The summed E-state index contributed by atoms with van der Waals surface area (Å²) in [6, 6.07) is 20.2. The van der Waals surface area contributed by atoms with Crippen LogP contribution in [0.15, 0.2) is 87.2 Å². The van der Waals surface area contributed by atoms with Crippen LogP contribution < -0.4 is 25.2 Å². The number of ether oxygens (including phenoxy) is 2. The number of carbonyl (C=O) groups is 1. The highest BCUT2D eigenvalue weighted by Crippen LogP contribution is 2.28. The van der Waals surface area contributed by atoms with Crippen molar-refractivity contribution in [1.29, 1.82) is 0 Å². The molecular formula is C25H23N3O6S. The van der Waals surface area contributed by atoms with E-state index in [1.807, 2.05) is 25.1 Å². The number of para-hydroxylation sites is 1. The van der Waals surface area contributed by atoms with Crippen molar-refractivity contribution in [2.45, 2.75) is 11.8 Å². The topological polar surface area (TPSA) is 119 Å². The van der Waals surface area contributed by atoms with E-state index in [9.17, 15) is 13.2 Å². The van der Waals surface area contributed by atoms with Gasteiger partial charge in [0, 0.05) is 17.1 Å². The van der Waals surface area contributed by atoms with Crippen molar-refractivity contribution in [3.63, 3.8) is 0 Å². The average Bonchev–Trinajstić information content (AvgIpc) is 2.86. The van der Waals surface area contributed by atoms with Crippen LogP contribution in [-0.2, 0) is 10.0 Å². The third-order valence-electron chi connectivity index (χ3n) is 5.10. The number of amides is 1. The van der Waals surface area contributed by atoms with E-state index < -0.39 is 15.9 Å². The molecule has 0 aliphatic carbocycles. The van der Waals surface area contributed by atoms with Crippen molar-refractivity contribution in [3.05, 3.63) is 89.5 Å². The fraction of sp³-hybridized carbons (Fsp3) is 0.120. The first kappa shape index (κ1) is 23.8. The number of sulfonamides is 1. The lowest BCUT2D eigenvalue weighted by atomic mass is 10.1. The molecule has 10 heteroatoms. The third kappa shape index (κ3) is 5.28. The normalized spacial score (nSPS) is 11.8. The minimum atomic E-state index is -4.21. The molecule has 180 valence electrons. The Morgan fingerprint density at radius 2 is 1.74 bits per heavy atom. The highest BCUT2D eigenvalue weighted by atomic mass is 32.2. The van der Waals surface area contributed by atoms with Crippen LogP contribution in [0.2, 0.25) is 0 Å². The van der Waals surface area contributed by atoms with Gasteiger partial charge in [-0.15, -0.1) is 5.10 Å². The molecule has 1 aromatic heterocycles. The number of fused-ring (bicyclic) bond motifs is 1. The zero-order chi connectivity index (χ0) is 25.0. The molecule has 0 bridgehead atoms. The van der Waals surface area contributed by atoms with Gasteiger partial charge in [-0.1, -0.05) is 30.3 Å². The van der Waals surface area contributed by atoms with E-state index in [1.54, 1.807) is 42.5 Å². The molecule has 9 nitrogen and oxygen atoms in total. The molecule has 0 saturated heterocycles. The lowest BCUT2D eigenvalue weighted by molar-refractivity contribution is 0.102. The lowest BCUT2D eigenvalue weighted by Gasteiger charge is -2.11. The van der Waals surface area contributed by atoms with Gasteiger partial charge in [-0.3, -0.25) is 4.79 Å². The van der Waals surface area contributed by atoms with E-state index >= 15 is 0 Å². The summed E-state index contributed by atoms with van der Waals surface area (Å²) in [4.78, 5) is 15.1. The number of benzene rings is 3. The highest BCUT2D eigenvalue weighted by molar-refractivity contribution is 7.89. The first-order valence-electron chi connectivity index (χ1n) is 10.5. The zero-order valence-electron chi connectivity index (χ0n) is 19.2. The first-order chi connectivity index (χ1) is 16.8. The first-order valence-corrected chi connectivity index (χ1v) is 12.0. The largest absolute Gasteiger partial charge is 0.497 e. The molecule has 0 radical (unpaired) electrons. The van der Waals surface area contributed by atoms with Gasteiger partial charge >= 0.3 is 0 Å². The van der Waals surface area contributed by atoms with Gasteiger partial charge in [-0.05, 0) is 48.9 Å². The minimum Gasteiger partial charge on any atom is -0.497 e. The maximum Gasteiger partial charge on any atom is 0.280 e. The Hall–Kier alpha value is -4.31. The van der Waals surface area contributed by atoms with Crippen molar-refractivity contribution in [2.24, 2.45) is 5.10 Å². The molecule has 0 spiro atoms. The Labute approximate surface area is 202 Å². The van der Waals surface area contributed by atoms with Crippen LogP contribution in [0.5, 0.6) is 11.5 Å². The van der Waals surface area contributed by atoms with E-state index in [-0.39, 0.29) is 21.8 Å². The van der Waals surface area contributed by atoms with Gasteiger partial charge in [0.15, 0.2) is 0 Å². The molecule has 1 heterocycles. The van der Waals surface area contributed by atoms with Crippen LogP contribution in [0.25, 0.3) is 11.0 Å². The maximum atomic E-state index is 13.1. The number of anilines is 1. The molecule has 1 amide bonds. The highest BCUT2D eigenvalue weighted by Gasteiger charge is 2.21. The molecule has 0 saturated carbocycles. The summed E-state index contributed by atoms with van der Waals surface area (Å²) in [5.41, 5.74) is 1.81. The third-order valence-corrected chi connectivity index (χ3v) is 6.33. The Balaban J connectivity index is 1.78. The van der Waals surface area contributed by atoms with E-state index in [1.165, 1.54) is 26.4 Å². The van der Waals surface area contributed by atoms with E-state index in [2.05, 4.69) is 15.2 Å². The summed E-state index contributed by atoms with van der Waals surface area (Å²) >= 11 is 0. The SMILES string of the molecule is COc1ccc(OC)c(S(=O)(=O)N/N=c2\oc3ccccc3cc2C(=O)Nc2cccc(C)c2)c1. The zero-order valence-corrected chi connectivity index (χ0v) is 20.0. The molecule has 3 aromatic carbocycles. The van der Waals surface area contributed by atoms with E-state index in [0.29, 0.717) is 22.4 Å². The van der Waals surface area contributed by atoms with Crippen LogP contribution in [0, 0.1) is 6.92 Å². The fourth-order valence-electron chi connectivity index (χ4n) is 3.38. The maximum absolute atomic E-state index is 13.1. The molecule has 0 aliphatic rings. The molecule has 0 atom stereocenters. The van der Waals surface area contributed by atoms with Crippen LogP contribution in [-0.4, -0.2) is 28.5 Å². The van der Waals surface area contributed by atoms with Crippen molar-refractivity contribution in [2.75, 3.05) is 19.5 Å². The van der Waals surface area contributed by atoms with Gasteiger partial charge in [-0.25, -0.2) is 0 Å². The van der Waals surface area contributed by atoms with Gasteiger partial charge in [0.25, 0.3) is 15.9 Å². The van der Waals surface area contributed by atoms with Gasteiger partial charge in [0.1, 0.15) is 27.5 Å². The minimum absolute atomic E-state index is 0.0468. The Morgan fingerprint density at radius 1 is 0.943 bits per heavy atom. The summed E-state index contributed by atoms with van der Waals surface area (Å²) in [5, 5.41) is 7.40.